The van der Waals surface area contributed by atoms with E-state index in [-0.39, 0.29) is 11.7 Å². The van der Waals surface area contributed by atoms with Gasteiger partial charge in [-0.2, -0.15) is 0 Å². The third-order valence-corrected chi connectivity index (χ3v) is 5.64. The molecule has 2 aliphatic heterocycles. The highest BCUT2D eigenvalue weighted by Gasteiger charge is 2.46. The summed E-state index contributed by atoms with van der Waals surface area (Å²) >= 11 is 0. The van der Waals surface area contributed by atoms with Gasteiger partial charge in [-0.1, -0.05) is 25.5 Å². The molecule has 0 unspecified atom stereocenters. The molecular weight excluding hydrogens is 266 g/mol. The van der Waals surface area contributed by atoms with E-state index in [1.807, 2.05) is 0 Å². The van der Waals surface area contributed by atoms with Gasteiger partial charge in [0.25, 0.3) is 0 Å². The third-order valence-electron chi connectivity index (χ3n) is 5.64. The van der Waals surface area contributed by atoms with Crippen LogP contribution in [0.25, 0.3) is 0 Å². The number of allylic oxidation sites excluding steroid dienone is 2. The highest BCUT2D eigenvalue weighted by atomic mass is 16.7. The molecule has 3 rings (SSSR count). The van der Waals surface area contributed by atoms with E-state index in [9.17, 15) is 0 Å². The molecule has 120 valence electrons. The SMILES string of the molecule is CC1=C[C@@H](C)C2(COC(CN3CCOCC3)OC2)[C@H](C)C1. The zero-order valence-corrected chi connectivity index (χ0v) is 13.6. The van der Waals surface area contributed by atoms with Crippen molar-refractivity contribution >= 4 is 0 Å². The van der Waals surface area contributed by atoms with Gasteiger partial charge in [0.2, 0.25) is 0 Å². The fourth-order valence-corrected chi connectivity index (χ4v) is 4.03. The maximum Gasteiger partial charge on any atom is 0.170 e. The summed E-state index contributed by atoms with van der Waals surface area (Å²) in [5.41, 5.74) is 1.68. The van der Waals surface area contributed by atoms with E-state index in [1.54, 1.807) is 0 Å². The number of hydrogen-bond donors (Lipinski definition) is 0. The maximum absolute atomic E-state index is 6.12. The molecule has 0 aromatic heterocycles. The molecule has 1 spiro atoms. The van der Waals surface area contributed by atoms with Crippen LogP contribution in [0.3, 0.4) is 0 Å². The molecule has 0 aromatic rings. The first kappa shape index (κ1) is 15.5. The molecule has 0 aromatic carbocycles. The van der Waals surface area contributed by atoms with E-state index in [4.69, 9.17) is 14.2 Å². The van der Waals surface area contributed by atoms with Crippen molar-refractivity contribution in [3.05, 3.63) is 11.6 Å². The maximum atomic E-state index is 6.12. The lowest BCUT2D eigenvalue weighted by Gasteiger charge is -2.50. The molecule has 2 fully saturated rings. The van der Waals surface area contributed by atoms with Crippen molar-refractivity contribution in [2.24, 2.45) is 17.3 Å². The molecular formula is C17H29NO3. The summed E-state index contributed by atoms with van der Waals surface area (Å²) < 4.78 is 17.6. The van der Waals surface area contributed by atoms with Gasteiger partial charge < -0.3 is 14.2 Å². The fraction of sp³-hybridized carbons (Fsp3) is 0.882. The monoisotopic (exact) mass is 295 g/mol. The normalized spacial score (nSPS) is 42.0. The lowest BCUT2D eigenvalue weighted by molar-refractivity contribution is -0.255. The highest BCUT2D eigenvalue weighted by molar-refractivity contribution is 5.13. The summed E-state index contributed by atoms with van der Waals surface area (Å²) in [6.45, 7) is 13.1. The van der Waals surface area contributed by atoms with Crippen LogP contribution in [-0.4, -0.2) is 57.3 Å². The summed E-state index contributed by atoms with van der Waals surface area (Å²) in [5, 5.41) is 0. The summed E-state index contributed by atoms with van der Waals surface area (Å²) in [4.78, 5) is 2.38. The van der Waals surface area contributed by atoms with E-state index in [0.29, 0.717) is 11.8 Å². The van der Waals surface area contributed by atoms with Gasteiger partial charge in [-0.3, -0.25) is 4.90 Å². The summed E-state index contributed by atoms with van der Waals surface area (Å²) in [5.74, 6) is 1.16. The van der Waals surface area contributed by atoms with Gasteiger partial charge in [0.05, 0.1) is 26.4 Å². The largest absolute Gasteiger partial charge is 0.379 e. The smallest absolute Gasteiger partial charge is 0.170 e. The third kappa shape index (κ3) is 3.19. The van der Waals surface area contributed by atoms with E-state index in [0.717, 1.165) is 46.1 Å². The predicted molar refractivity (Wildman–Crippen MR) is 82.1 cm³/mol. The number of nitrogens with zero attached hydrogens (tertiary/aromatic N) is 1. The van der Waals surface area contributed by atoms with E-state index in [1.165, 1.54) is 12.0 Å². The Morgan fingerprint density at radius 1 is 1.19 bits per heavy atom. The van der Waals surface area contributed by atoms with E-state index < -0.39 is 0 Å². The van der Waals surface area contributed by atoms with Crippen LogP contribution in [0, 0.1) is 17.3 Å². The Bertz CT molecular complexity index is 381. The molecule has 4 heteroatoms. The van der Waals surface area contributed by atoms with Crippen molar-refractivity contribution in [2.75, 3.05) is 46.1 Å². The molecule has 2 saturated heterocycles. The topological polar surface area (TPSA) is 30.9 Å². The van der Waals surface area contributed by atoms with Crippen LogP contribution < -0.4 is 0 Å². The minimum atomic E-state index is -0.0693. The summed E-state index contributed by atoms with van der Waals surface area (Å²) in [6, 6.07) is 0. The molecule has 3 aliphatic rings. The number of ether oxygens (including phenoxy) is 3. The summed E-state index contributed by atoms with van der Waals surface area (Å²) in [7, 11) is 0. The molecule has 0 N–H and O–H groups in total. The highest BCUT2D eigenvalue weighted by Crippen LogP contribution is 2.46. The first-order chi connectivity index (χ1) is 10.1. The Morgan fingerprint density at radius 3 is 2.48 bits per heavy atom. The Hall–Kier alpha value is -0.420. The summed E-state index contributed by atoms with van der Waals surface area (Å²) in [6.07, 6.45) is 3.51. The molecule has 4 nitrogen and oxygen atoms in total. The molecule has 0 amide bonds. The molecule has 0 bridgehead atoms. The van der Waals surface area contributed by atoms with Gasteiger partial charge in [0.15, 0.2) is 6.29 Å². The lowest BCUT2D eigenvalue weighted by atomic mass is 9.63. The number of rotatable bonds is 2. The molecule has 1 aliphatic carbocycles. The predicted octanol–water partition coefficient (Wildman–Crippen LogP) is 2.30. The van der Waals surface area contributed by atoms with Crippen LogP contribution in [-0.2, 0) is 14.2 Å². The second-order valence-electron chi connectivity index (χ2n) is 7.10. The van der Waals surface area contributed by atoms with E-state index >= 15 is 0 Å². The van der Waals surface area contributed by atoms with Crippen molar-refractivity contribution in [1.29, 1.82) is 0 Å². The first-order valence-corrected chi connectivity index (χ1v) is 8.31. The van der Waals surface area contributed by atoms with Crippen LogP contribution in [0.4, 0.5) is 0 Å². The Morgan fingerprint density at radius 2 is 1.86 bits per heavy atom. The first-order valence-electron chi connectivity index (χ1n) is 8.31. The number of morpholine rings is 1. The standard InChI is InChI=1S/C17H29NO3/c1-13-8-14(2)17(15(3)9-13)11-20-16(21-12-17)10-18-4-6-19-7-5-18/h8,14-16H,4-7,9-12H2,1-3H3/t14-,15-,16?,17?/m1/s1. The minimum Gasteiger partial charge on any atom is -0.379 e. The van der Waals surface area contributed by atoms with Gasteiger partial charge in [0.1, 0.15) is 0 Å². The van der Waals surface area contributed by atoms with Crippen molar-refractivity contribution < 1.29 is 14.2 Å². The van der Waals surface area contributed by atoms with Gasteiger partial charge in [-0.05, 0) is 25.2 Å². The zero-order valence-electron chi connectivity index (χ0n) is 13.6. The Balaban J connectivity index is 1.56. The van der Waals surface area contributed by atoms with E-state index in [2.05, 4.69) is 31.7 Å². The molecule has 21 heavy (non-hydrogen) atoms. The zero-order chi connectivity index (χ0) is 14.9. The Labute approximate surface area is 128 Å². The average Bonchev–Trinajstić information content (AvgIpc) is 2.47. The molecule has 0 saturated carbocycles. The fourth-order valence-electron chi connectivity index (χ4n) is 4.03. The Kier molecular flexibility index (Phi) is 4.69. The van der Waals surface area contributed by atoms with Crippen molar-refractivity contribution in [2.45, 2.75) is 33.5 Å². The molecule has 2 heterocycles. The lowest BCUT2D eigenvalue weighted by Crippen LogP contribution is -2.53. The van der Waals surface area contributed by atoms with Crippen molar-refractivity contribution in [3.8, 4) is 0 Å². The minimum absolute atomic E-state index is 0.0693. The quantitative estimate of drug-likeness (QED) is 0.732. The number of hydrogen-bond acceptors (Lipinski definition) is 4. The van der Waals surface area contributed by atoms with Crippen molar-refractivity contribution in [1.82, 2.24) is 4.90 Å². The van der Waals surface area contributed by atoms with Gasteiger partial charge in [0, 0.05) is 25.0 Å². The van der Waals surface area contributed by atoms with Crippen LogP contribution in [0.1, 0.15) is 27.2 Å². The van der Waals surface area contributed by atoms with Crippen LogP contribution in [0.2, 0.25) is 0 Å². The van der Waals surface area contributed by atoms with Crippen LogP contribution in [0.5, 0.6) is 0 Å². The second kappa shape index (κ2) is 6.37. The van der Waals surface area contributed by atoms with Crippen LogP contribution in [0.15, 0.2) is 11.6 Å². The molecule has 0 radical (unpaired) electrons. The van der Waals surface area contributed by atoms with Gasteiger partial charge in [-0.25, -0.2) is 0 Å². The van der Waals surface area contributed by atoms with Gasteiger partial charge in [-0.15, -0.1) is 0 Å². The second-order valence-corrected chi connectivity index (χ2v) is 7.10. The van der Waals surface area contributed by atoms with Gasteiger partial charge >= 0.3 is 0 Å². The molecule has 2 atom stereocenters. The van der Waals surface area contributed by atoms with Crippen molar-refractivity contribution in [3.63, 3.8) is 0 Å². The van der Waals surface area contributed by atoms with Crippen LogP contribution >= 0.6 is 0 Å². The average molecular weight is 295 g/mol.